The van der Waals surface area contributed by atoms with Gasteiger partial charge in [-0.05, 0) is 29.3 Å². The van der Waals surface area contributed by atoms with Crippen molar-refractivity contribution in [1.29, 1.82) is 0 Å². The zero-order valence-corrected chi connectivity index (χ0v) is 22.2. The van der Waals surface area contributed by atoms with E-state index < -0.39 is 28.5 Å². The Morgan fingerprint density at radius 2 is 1.50 bits per heavy atom. The summed E-state index contributed by atoms with van der Waals surface area (Å²) in [5, 5.41) is 3.03. The highest BCUT2D eigenvalue weighted by Crippen LogP contribution is 2.31. The van der Waals surface area contributed by atoms with Gasteiger partial charge in [0.05, 0.1) is 17.0 Å². The summed E-state index contributed by atoms with van der Waals surface area (Å²) in [6.45, 7) is -0.459. The van der Waals surface area contributed by atoms with Gasteiger partial charge in [0, 0.05) is 25.0 Å². The fourth-order valence-corrected chi connectivity index (χ4v) is 5.06. The molecule has 1 atom stereocenters. The van der Waals surface area contributed by atoms with Crippen molar-refractivity contribution in [2.24, 2.45) is 0 Å². The van der Waals surface area contributed by atoms with Gasteiger partial charge in [0.2, 0.25) is 21.8 Å². The van der Waals surface area contributed by atoms with Crippen molar-refractivity contribution in [1.82, 2.24) is 10.2 Å². The Hall–Kier alpha value is -3.07. The fraction of sp³-hybridized carbons (Fsp3) is 0.231. The molecule has 10 heteroatoms. The lowest BCUT2D eigenvalue weighted by molar-refractivity contribution is -0.139. The summed E-state index contributed by atoms with van der Waals surface area (Å²) < 4.78 is 26.4. The van der Waals surface area contributed by atoms with Crippen LogP contribution in [0.25, 0.3) is 0 Å². The van der Waals surface area contributed by atoms with Crippen molar-refractivity contribution in [3.63, 3.8) is 0 Å². The number of hydrogen-bond acceptors (Lipinski definition) is 4. The number of anilines is 1. The summed E-state index contributed by atoms with van der Waals surface area (Å²) >= 11 is 12.4. The standard InChI is InChI=1S/C26H27Cl2N3O4S/c1-29-26(33)24(15-19-9-5-3-6-10-19)30(17-20-11-7-4-8-12-20)25(32)18-31(36(2,34)35)23-16-21(27)13-14-22(23)28/h3-14,16,24H,15,17-18H2,1-2H3,(H,29,33). The van der Waals surface area contributed by atoms with Crippen LogP contribution in [0.5, 0.6) is 0 Å². The molecule has 190 valence electrons. The van der Waals surface area contributed by atoms with Gasteiger partial charge in [0.1, 0.15) is 12.6 Å². The highest BCUT2D eigenvalue weighted by Gasteiger charge is 2.33. The van der Waals surface area contributed by atoms with Crippen LogP contribution in [0.3, 0.4) is 0 Å². The highest BCUT2D eigenvalue weighted by molar-refractivity contribution is 7.92. The maximum absolute atomic E-state index is 13.8. The van der Waals surface area contributed by atoms with E-state index in [1.54, 1.807) is 0 Å². The first kappa shape index (κ1) is 27.5. The molecule has 0 aliphatic heterocycles. The number of carbonyl (C=O) groups is 2. The molecule has 2 amide bonds. The van der Waals surface area contributed by atoms with Crippen molar-refractivity contribution in [2.75, 3.05) is 24.2 Å². The molecule has 0 fully saturated rings. The van der Waals surface area contributed by atoms with Crippen molar-refractivity contribution >= 4 is 50.7 Å². The highest BCUT2D eigenvalue weighted by atomic mass is 35.5. The number of likely N-dealkylation sites (N-methyl/N-ethyl adjacent to an activating group) is 1. The molecule has 7 nitrogen and oxygen atoms in total. The molecule has 0 radical (unpaired) electrons. The minimum atomic E-state index is -3.93. The second-order valence-electron chi connectivity index (χ2n) is 8.19. The smallest absolute Gasteiger partial charge is 0.244 e. The maximum Gasteiger partial charge on any atom is 0.244 e. The molecule has 1 N–H and O–H groups in total. The van der Waals surface area contributed by atoms with E-state index in [0.717, 1.165) is 21.7 Å². The Morgan fingerprint density at radius 1 is 0.917 bits per heavy atom. The van der Waals surface area contributed by atoms with E-state index >= 15 is 0 Å². The zero-order valence-electron chi connectivity index (χ0n) is 19.9. The molecule has 0 saturated carbocycles. The Labute approximate surface area is 221 Å². The molecule has 0 heterocycles. The molecule has 1 unspecified atom stereocenters. The second kappa shape index (κ2) is 12.3. The Morgan fingerprint density at radius 3 is 2.06 bits per heavy atom. The van der Waals surface area contributed by atoms with Crippen LogP contribution < -0.4 is 9.62 Å². The molecule has 3 aromatic rings. The van der Waals surface area contributed by atoms with E-state index in [2.05, 4.69) is 5.32 Å². The summed E-state index contributed by atoms with van der Waals surface area (Å²) in [5.41, 5.74) is 1.73. The molecule has 36 heavy (non-hydrogen) atoms. The van der Waals surface area contributed by atoms with Crippen molar-refractivity contribution in [3.8, 4) is 0 Å². The molecule has 3 rings (SSSR count). The van der Waals surface area contributed by atoms with Gasteiger partial charge in [0.15, 0.2) is 0 Å². The summed E-state index contributed by atoms with van der Waals surface area (Å²) in [4.78, 5) is 28.2. The predicted molar refractivity (Wildman–Crippen MR) is 144 cm³/mol. The van der Waals surface area contributed by atoms with Gasteiger partial charge >= 0.3 is 0 Å². The van der Waals surface area contributed by atoms with Crippen LogP contribution in [-0.2, 0) is 32.6 Å². The van der Waals surface area contributed by atoms with Crippen LogP contribution in [-0.4, -0.2) is 51.0 Å². The van der Waals surface area contributed by atoms with Crippen molar-refractivity contribution in [3.05, 3.63) is 100 Å². The van der Waals surface area contributed by atoms with Crippen LogP contribution in [0.2, 0.25) is 10.0 Å². The fourth-order valence-electron chi connectivity index (χ4n) is 3.77. The zero-order chi connectivity index (χ0) is 26.3. The lowest BCUT2D eigenvalue weighted by Crippen LogP contribution is -2.52. The van der Waals surface area contributed by atoms with Crippen LogP contribution in [0.15, 0.2) is 78.9 Å². The lowest BCUT2D eigenvalue weighted by Gasteiger charge is -2.33. The third kappa shape index (κ3) is 7.22. The van der Waals surface area contributed by atoms with E-state index in [4.69, 9.17) is 23.2 Å². The van der Waals surface area contributed by atoms with Crippen LogP contribution in [0.4, 0.5) is 5.69 Å². The number of rotatable bonds is 10. The van der Waals surface area contributed by atoms with Gasteiger partial charge in [-0.1, -0.05) is 83.9 Å². The Kier molecular flexibility index (Phi) is 9.37. The van der Waals surface area contributed by atoms with E-state index in [9.17, 15) is 18.0 Å². The van der Waals surface area contributed by atoms with Crippen LogP contribution >= 0.6 is 23.2 Å². The summed E-state index contributed by atoms with van der Waals surface area (Å²) in [6.07, 6.45) is 1.23. The number of hydrogen-bond donors (Lipinski definition) is 1. The quantitative estimate of drug-likeness (QED) is 0.413. The first-order valence-electron chi connectivity index (χ1n) is 11.1. The first-order chi connectivity index (χ1) is 17.1. The van der Waals surface area contributed by atoms with E-state index in [0.29, 0.717) is 0 Å². The Bertz CT molecular complexity index is 1310. The largest absolute Gasteiger partial charge is 0.357 e. The molecular weight excluding hydrogens is 521 g/mol. The van der Waals surface area contributed by atoms with E-state index in [-0.39, 0.29) is 34.6 Å². The molecule has 0 bridgehead atoms. The third-order valence-electron chi connectivity index (χ3n) is 5.57. The van der Waals surface area contributed by atoms with Gasteiger partial charge in [-0.15, -0.1) is 0 Å². The minimum absolute atomic E-state index is 0.0826. The summed E-state index contributed by atoms with van der Waals surface area (Å²) in [6, 6.07) is 22.0. The number of benzene rings is 3. The molecule has 0 aliphatic carbocycles. The summed E-state index contributed by atoms with van der Waals surface area (Å²) in [5.74, 6) is -0.931. The number of amides is 2. The van der Waals surface area contributed by atoms with Gasteiger partial charge in [0.25, 0.3) is 0 Å². The number of halogens is 2. The Balaban J connectivity index is 2.03. The third-order valence-corrected chi connectivity index (χ3v) is 7.25. The van der Waals surface area contributed by atoms with Crippen LogP contribution in [0, 0.1) is 0 Å². The molecule has 0 aromatic heterocycles. The average molecular weight is 548 g/mol. The molecule has 0 spiro atoms. The minimum Gasteiger partial charge on any atom is -0.357 e. The molecule has 3 aromatic carbocycles. The van der Waals surface area contributed by atoms with Gasteiger partial charge in [-0.3, -0.25) is 13.9 Å². The predicted octanol–water partition coefficient (Wildman–Crippen LogP) is 4.15. The number of sulfonamides is 1. The maximum atomic E-state index is 13.8. The van der Waals surface area contributed by atoms with E-state index in [1.807, 2.05) is 60.7 Å². The van der Waals surface area contributed by atoms with Gasteiger partial charge in [-0.25, -0.2) is 8.42 Å². The lowest BCUT2D eigenvalue weighted by atomic mass is 10.0. The SMILES string of the molecule is CNC(=O)C(Cc1ccccc1)N(Cc1ccccc1)C(=O)CN(c1cc(Cl)ccc1Cl)S(C)(=O)=O. The molecular formula is C26H27Cl2N3O4S. The van der Waals surface area contributed by atoms with Crippen molar-refractivity contribution in [2.45, 2.75) is 19.0 Å². The number of nitrogens with zero attached hydrogens (tertiary/aromatic N) is 2. The van der Waals surface area contributed by atoms with E-state index in [1.165, 1.54) is 30.1 Å². The summed E-state index contributed by atoms with van der Waals surface area (Å²) in [7, 11) is -2.43. The topological polar surface area (TPSA) is 86.8 Å². The first-order valence-corrected chi connectivity index (χ1v) is 13.7. The number of nitrogens with one attached hydrogen (secondary N) is 1. The number of carbonyl (C=O) groups excluding carboxylic acids is 2. The van der Waals surface area contributed by atoms with Crippen LogP contribution in [0.1, 0.15) is 11.1 Å². The van der Waals surface area contributed by atoms with Gasteiger partial charge < -0.3 is 10.2 Å². The molecule has 0 saturated heterocycles. The second-order valence-corrected chi connectivity index (χ2v) is 10.9. The van der Waals surface area contributed by atoms with Gasteiger partial charge in [-0.2, -0.15) is 0 Å². The van der Waals surface area contributed by atoms with Crippen molar-refractivity contribution < 1.29 is 18.0 Å². The average Bonchev–Trinajstić information content (AvgIpc) is 2.86. The normalized spacial score (nSPS) is 12.0. The molecule has 0 aliphatic rings. The monoisotopic (exact) mass is 547 g/mol.